The number of aliphatic hydroxyl groups excluding tert-OH is 1. The van der Waals surface area contributed by atoms with E-state index in [0.29, 0.717) is 22.8 Å². The van der Waals surface area contributed by atoms with Crippen molar-refractivity contribution in [3.05, 3.63) is 41.7 Å². The van der Waals surface area contributed by atoms with Crippen LogP contribution in [0.2, 0.25) is 0 Å². The molecule has 0 spiro atoms. The largest absolute Gasteiger partial charge is 0.480 e. The van der Waals surface area contributed by atoms with Crippen molar-refractivity contribution in [2.75, 3.05) is 20.0 Å². The van der Waals surface area contributed by atoms with Gasteiger partial charge in [0, 0.05) is 5.69 Å². The van der Waals surface area contributed by atoms with Crippen LogP contribution in [-0.2, 0) is 0 Å². The number of nitrogen functional groups attached to an aromatic ring is 1. The van der Waals surface area contributed by atoms with Gasteiger partial charge in [0.15, 0.2) is 0 Å². The highest BCUT2D eigenvalue weighted by Gasteiger charge is 2.19. The number of hydrogen-bond acceptors (Lipinski definition) is 6. The maximum absolute atomic E-state index is 10.3. The van der Waals surface area contributed by atoms with E-state index >= 15 is 0 Å². The van der Waals surface area contributed by atoms with Gasteiger partial charge < -0.3 is 20.3 Å². The summed E-state index contributed by atoms with van der Waals surface area (Å²) in [6.45, 7) is 0. The second-order valence-electron chi connectivity index (χ2n) is 3.88. The highest BCUT2D eigenvalue weighted by atomic mass is 16.5. The number of nitrogens with two attached hydrogens (primary N) is 1. The fraction of sp³-hybridized carbons (Fsp3) is 0.231. The number of nitrogens with zero attached hydrogens (tertiary/aromatic N) is 2. The summed E-state index contributed by atoms with van der Waals surface area (Å²) in [5.41, 5.74) is 7.22. The number of hydrogen-bond donors (Lipinski definition) is 2. The van der Waals surface area contributed by atoms with Crippen LogP contribution in [-0.4, -0.2) is 29.3 Å². The normalized spacial score (nSPS) is 11.9. The highest BCUT2D eigenvalue weighted by Crippen LogP contribution is 2.28. The van der Waals surface area contributed by atoms with E-state index in [1.165, 1.54) is 20.4 Å². The van der Waals surface area contributed by atoms with E-state index in [2.05, 4.69) is 9.97 Å². The molecule has 1 atom stereocenters. The molecule has 0 saturated carbocycles. The molecule has 0 aliphatic heterocycles. The van der Waals surface area contributed by atoms with Gasteiger partial charge >= 0.3 is 0 Å². The fourth-order valence-electron chi connectivity index (χ4n) is 1.64. The van der Waals surface area contributed by atoms with Gasteiger partial charge in [-0.25, -0.2) is 4.98 Å². The van der Waals surface area contributed by atoms with Crippen LogP contribution in [0.4, 0.5) is 5.69 Å². The molecule has 1 aromatic carbocycles. The quantitative estimate of drug-likeness (QED) is 0.802. The van der Waals surface area contributed by atoms with Crippen molar-refractivity contribution in [2.24, 2.45) is 0 Å². The second-order valence-corrected chi connectivity index (χ2v) is 3.88. The third-order valence-electron chi connectivity index (χ3n) is 2.66. The number of anilines is 1. The summed E-state index contributed by atoms with van der Waals surface area (Å²) >= 11 is 0. The lowest BCUT2D eigenvalue weighted by Crippen LogP contribution is -2.07. The molecule has 0 aliphatic carbocycles. The summed E-state index contributed by atoms with van der Waals surface area (Å²) in [5.74, 6) is 0.550. The molecule has 0 fully saturated rings. The van der Waals surface area contributed by atoms with E-state index in [-0.39, 0.29) is 5.88 Å². The van der Waals surface area contributed by atoms with E-state index in [1.54, 1.807) is 24.3 Å². The fourth-order valence-corrected chi connectivity index (χ4v) is 1.64. The first-order valence-electron chi connectivity index (χ1n) is 5.64. The number of aliphatic hydroxyl groups is 1. The van der Waals surface area contributed by atoms with Gasteiger partial charge in [0.1, 0.15) is 11.8 Å². The molecule has 3 N–H and O–H groups in total. The molecule has 6 nitrogen and oxygen atoms in total. The SMILES string of the molecule is COc1cnc(C(O)c2ccc(N)cc2)c(OC)n1. The molecule has 6 heteroatoms. The Morgan fingerprint density at radius 3 is 2.42 bits per heavy atom. The Morgan fingerprint density at radius 2 is 1.84 bits per heavy atom. The molecule has 2 aromatic rings. The number of methoxy groups -OCH3 is 2. The minimum absolute atomic E-state index is 0.226. The minimum atomic E-state index is -0.936. The molecule has 100 valence electrons. The lowest BCUT2D eigenvalue weighted by molar-refractivity contribution is 0.206. The lowest BCUT2D eigenvalue weighted by Gasteiger charge is -2.14. The summed E-state index contributed by atoms with van der Waals surface area (Å²) in [6.07, 6.45) is 0.493. The van der Waals surface area contributed by atoms with Crippen molar-refractivity contribution < 1.29 is 14.6 Å². The summed E-state index contributed by atoms with van der Waals surface area (Å²) in [6, 6.07) is 6.88. The average molecular weight is 261 g/mol. The maximum atomic E-state index is 10.3. The first kappa shape index (κ1) is 13.1. The zero-order chi connectivity index (χ0) is 13.8. The average Bonchev–Trinajstić information content (AvgIpc) is 2.46. The summed E-state index contributed by atoms with van der Waals surface area (Å²) < 4.78 is 10.1. The third-order valence-corrected chi connectivity index (χ3v) is 2.66. The van der Waals surface area contributed by atoms with Gasteiger partial charge in [0.2, 0.25) is 11.8 Å². The van der Waals surface area contributed by atoms with Crippen LogP contribution < -0.4 is 15.2 Å². The summed E-state index contributed by atoms with van der Waals surface area (Å²) in [7, 11) is 2.95. The number of ether oxygens (including phenoxy) is 2. The van der Waals surface area contributed by atoms with E-state index in [0.717, 1.165) is 0 Å². The summed E-state index contributed by atoms with van der Waals surface area (Å²) in [5, 5.41) is 10.3. The number of benzene rings is 1. The van der Waals surface area contributed by atoms with Crippen molar-refractivity contribution >= 4 is 5.69 Å². The predicted molar refractivity (Wildman–Crippen MR) is 70.1 cm³/mol. The van der Waals surface area contributed by atoms with Gasteiger partial charge in [-0.1, -0.05) is 12.1 Å². The molecule has 0 radical (unpaired) electrons. The van der Waals surface area contributed by atoms with Crippen LogP contribution in [0.1, 0.15) is 17.4 Å². The minimum Gasteiger partial charge on any atom is -0.480 e. The van der Waals surface area contributed by atoms with Gasteiger partial charge in [0.05, 0.1) is 20.4 Å². The number of aromatic nitrogens is 2. The Balaban J connectivity index is 2.37. The third kappa shape index (κ3) is 2.74. The molecule has 0 amide bonds. The van der Waals surface area contributed by atoms with E-state index in [1.807, 2.05) is 0 Å². The first-order chi connectivity index (χ1) is 9.15. The van der Waals surface area contributed by atoms with Crippen molar-refractivity contribution in [3.63, 3.8) is 0 Å². The standard InChI is InChI=1S/C13H15N3O3/c1-18-10-7-15-11(13(16-10)19-2)12(17)8-3-5-9(14)6-4-8/h3-7,12,17H,14H2,1-2H3. The Labute approximate surface area is 110 Å². The van der Waals surface area contributed by atoms with E-state index in [4.69, 9.17) is 15.2 Å². The van der Waals surface area contributed by atoms with Gasteiger partial charge in [-0.15, -0.1) is 0 Å². The Kier molecular flexibility index (Phi) is 3.82. The van der Waals surface area contributed by atoms with Crippen LogP contribution in [0.15, 0.2) is 30.5 Å². The molecule has 2 rings (SSSR count). The topological polar surface area (TPSA) is 90.5 Å². The van der Waals surface area contributed by atoms with Crippen molar-refractivity contribution in [3.8, 4) is 11.8 Å². The van der Waals surface area contributed by atoms with Gasteiger partial charge in [-0.3, -0.25) is 0 Å². The van der Waals surface area contributed by atoms with Gasteiger partial charge in [0.25, 0.3) is 0 Å². The van der Waals surface area contributed by atoms with E-state index < -0.39 is 6.10 Å². The molecule has 1 heterocycles. The van der Waals surface area contributed by atoms with Gasteiger partial charge in [-0.2, -0.15) is 4.98 Å². The monoisotopic (exact) mass is 261 g/mol. The predicted octanol–water partition coefficient (Wildman–Crippen LogP) is 1.16. The summed E-state index contributed by atoms with van der Waals surface area (Å²) in [4.78, 5) is 8.21. The van der Waals surface area contributed by atoms with Crippen LogP contribution in [0.5, 0.6) is 11.8 Å². The van der Waals surface area contributed by atoms with Crippen LogP contribution in [0, 0.1) is 0 Å². The van der Waals surface area contributed by atoms with Crippen molar-refractivity contribution in [2.45, 2.75) is 6.10 Å². The second kappa shape index (κ2) is 5.53. The van der Waals surface area contributed by atoms with Gasteiger partial charge in [-0.05, 0) is 17.7 Å². The smallest absolute Gasteiger partial charge is 0.241 e. The lowest BCUT2D eigenvalue weighted by atomic mass is 10.1. The van der Waals surface area contributed by atoms with Crippen molar-refractivity contribution in [1.29, 1.82) is 0 Å². The van der Waals surface area contributed by atoms with Crippen molar-refractivity contribution in [1.82, 2.24) is 9.97 Å². The van der Waals surface area contributed by atoms with Crippen LogP contribution in [0.25, 0.3) is 0 Å². The number of rotatable bonds is 4. The molecular weight excluding hydrogens is 246 g/mol. The zero-order valence-corrected chi connectivity index (χ0v) is 10.7. The van der Waals surface area contributed by atoms with Crippen LogP contribution in [0.3, 0.4) is 0 Å². The first-order valence-corrected chi connectivity index (χ1v) is 5.64. The Morgan fingerprint density at radius 1 is 1.16 bits per heavy atom. The maximum Gasteiger partial charge on any atom is 0.241 e. The van der Waals surface area contributed by atoms with Crippen LogP contribution >= 0.6 is 0 Å². The molecule has 1 aromatic heterocycles. The molecule has 19 heavy (non-hydrogen) atoms. The highest BCUT2D eigenvalue weighted by molar-refractivity contribution is 5.42. The zero-order valence-electron chi connectivity index (χ0n) is 10.7. The molecule has 0 saturated heterocycles. The Bertz CT molecular complexity index is 558. The molecule has 0 aliphatic rings. The molecule has 1 unspecified atom stereocenters. The molecular formula is C13H15N3O3. The van der Waals surface area contributed by atoms with E-state index in [9.17, 15) is 5.11 Å². The Hall–Kier alpha value is -2.34. The molecule has 0 bridgehead atoms.